The number of Topliss-reactive ketones (excluding diaryl/α,β-unsaturated/α-hetero) is 1. The highest BCUT2D eigenvalue weighted by atomic mass is 16.5. The molecule has 0 spiro atoms. The zero-order chi connectivity index (χ0) is 23.0. The van der Waals surface area contributed by atoms with E-state index in [-0.39, 0.29) is 17.1 Å². The first kappa shape index (κ1) is 21.2. The summed E-state index contributed by atoms with van der Waals surface area (Å²) in [6.45, 7) is 3.88. The molecule has 1 amide bonds. The van der Waals surface area contributed by atoms with Crippen molar-refractivity contribution in [3.8, 4) is 11.5 Å². The van der Waals surface area contributed by atoms with Crippen LogP contribution in [0.25, 0.3) is 5.76 Å². The maximum Gasteiger partial charge on any atom is 0.300 e. The summed E-state index contributed by atoms with van der Waals surface area (Å²) in [6.07, 6.45) is 0. The minimum absolute atomic E-state index is 0.00883. The topological polar surface area (TPSA) is 87.1 Å². The second-order valence-electron chi connectivity index (χ2n) is 7.73. The van der Waals surface area contributed by atoms with Crippen molar-refractivity contribution in [1.82, 2.24) is 0 Å². The van der Waals surface area contributed by atoms with Crippen LogP contribution >= 0.6 is 0 Å². The van der Waals surface area contributed by atoms with Crippen LogP contribution in [0.4, 0.5) is 5.69 Å². The lowest BCUT2D eigenvalue weighted by Gasteiger charge is -2.26. The highest BCUT2D eigenvalue weighted by Gasteiger charge is 2.47. The Morgan fingerprint density at radius 2 is 1.69 bits per heavy atom. The molecule has 1 saturated heterocycles. The maximum absolute atomic E-state index is 13.2. The summed E-state index contributed by atoms with van der Waals surface area (Å²) in [6, 6.07) is 17.6. The van der Waals surface area contributed by atoms with Crippen molar-refractivity contribution in [3.05, 3.63) is 94.6 Å². The Morgan fingerprint density at radius 3 is 2.38 bits per heavy atom. The lowest BCUT2D eigenvalue weighted by Crippen LogP contribution is -2.29. The molecule has 6 nitrogen and oxygen atoms in total. The number of ether oxygens (including phenoxy) is 1. The van der Waals surface area contributed by atoms with Gasteiger partial charge in [0.2, 0.25) is 0 Å². The molecule has 0 saturated carbocycles. The predicted octanol–water partition coefficient (Wildman–Crippen LogP) is 4.64. The average Bonchev–Trinajstić information content (AvgIpc) is 3.06. The molecule has 1 aliphatic heterocycles. The quantitative estimate of drug-likeness (QED) is 0.358. The van der Waals surface area contributed by atoms with Crippen molar-refractivity contribution >= 4 is 23.1 Å². The van der Waals surface area contributed by atoms with Crippen LogP contribution in [0.3, 0.4) is 0 Å². The number of rotatable bonds is 4. The van der Waals surface area contributed by atoms with Gasteiger partial charge in [0.1, 0.15) is 17.3 Å². The van der Waals surface area contributed by atoms with Gasteiger partial charge in [-0.1, -0.05) is 30.3 Å². The number of hydrogen-bond acceptors (Lipinski definition) is 5. The van der Waals surface area contributed by atoms with Gasteiger partial charge in [-0.2, -0.15) is 0 Å². The van der Waals surface area contributed by atoms with Crippen molar-refractivity contribution < 1.29 is 24.5 Å². The van der Waals surface area contributed by atoms with Crippen LogP contribution in [0.5, 0.6) is 11.5 Å². The number of hydrogen-bond donors (Lipinski definition) is 2. The molecule has 0 bridgehead atoms. The number of aryl methyl sites for hydroxylation is 2. The van der Waals surface area contributed by atoms with E-state index >= 15 is 0 Å². The Kier molecular flexibility index (Phi) is 5.45. The molecule has 3 aromatic rings. The molecule has 0 aromatic heterocycles. The number of methoxy groups -OCH3 is 1. The zero-order valence-corrected chi connectivity index (χ0v) is 18.0. The molecule has 0 radical (unpaired) electrons. The first-order chi connectivity index (χ1) is 15.3. The smallest absolute Gasteiger partial charge is 0.300 e. The monoisotopic (exact) mass is 429 g/mol. The van der Waals surface area contributed by atoms with E-state index in [1.54, 1.807) is 42.5 Å². The van der Waals surface area contributed by atoms with Gasteiger partial charge in [-0.3, -0.25) is 14.5 Å². The van der Waals surface area contributed by atoms with Crippen LogP contribution in [0.15, 0.2) is 72.3 Å². The second kappa shape index (κ2) is 8.23. The molecule has 1 atom stereocenters. The zero-order valence-electron chi connectivity index (χ0n) is 18.0. The van der Waals surface area contributed by atoms with Gasteiger partial charge in [-0.25, -0.2) is 0 Å². The van der Waals surface area contributed by atoms with Crippen molar-refractivity contribution in [2.24, 2.45) is 0 Å². The van der Waals surface area contributed by atoms with Gasteiger partial charge in [-0.15, -0.1) is 0 Å². The molecule has 1 unspecified atom stereocenters. The SMILES string of the molecule is COc1ccccc1/C(O)=C1\C(=O)C(=O)N(c2ccc(C)c(C)c2)C1c1cccc(O)c1. The Hall–Kier alpha value is -4.06. The maximum atomic E-state index is 13.2. The Balaban J connectivity index is 1.99. The molecule has 1 heterocycles. The molecule has 162 valence electrons. The van der Waals surface area contributed by atoms with Crippen LogP contribution in [-0.2, 0) is 9.59 Å². The third kappa shape index (κ3) is 3.50. The minimum atomic E-state index is -0.922. The molecule has 0 aliphatic carbocycles. The van der Waals surface area contributed by atoms with Crippen molar-refractivity contribution in [2.75, 3.05) is 12.0 Å². The third-order valence-electron chi connectivity index (χ3n) is 5.76. The minimum Gasteiger partial charge on any atom is -0.508 e. The van der Waals surface area contributed by atoms with Gasteiger partial charge >= 0.3 is 0 Å². The molecular formula is C26H23NO5. The lowest BCUT2D eigenvalue weighted by molar-refractivity contribution is -0.132. The number of nitrogens with zero attached hydrogens (tertiary/aromatic N) is 1. The normalized spacial score (nSPS) is 17.6. The fraction of sp³-hybridized carbons (Fsp3) is 0.154. The number of aliphatic hydroxyl groups excluding tert-OH is 1. The van der Waals surface area contributed by atoms with E-state index in [4.69, 9.17) is 4.74 Å². The number of phenolic OH excluding ortho intramolecular Hbond substituents is 1. The van der Waals surface area contributed by atoms with Crippen molar-refractivity contribution in [1.29, 1.82) is 0 Å². The molecule has 6 heteroatoms. The van der Waals surface area contributed by atoms with Crippen LogP contribution in [-0.4, -0.2) is 29.0 Å². The van der Waals surface area contributed by atoms with E-state index in [9.17, 15) is 19.8 Å². The average molecular weight is 429 g/mol. The summed E-state index contributed by atoms with van der Waals surface area (Å²) >= 11 is 0. The highest BCUT2D eigenvalue weighted by Crippen LogP contribution is 2.44. The van der Waals surface area contributed by atoms with E-state index in [0.717, 1.165) is 11.1 Å². The summed E-state index contributed by atoms with van der Waals surface area (Å²) in [5.74, 6) is -1.53. The first-order valence-electron chi connectivity index (χ1n) is 10.1. The van der Waals surface area contributed by atoms with E-state index in [2.05, 4.69) is 0 Å². The fourth-order valence-electron chi connectivity index (χ4n) is 3.97. The molecular weight excluding hydrogens is 406 g/mol. The summed E-state index contributed by atoms with van der Waals surface area (Å²) in [7, 11) is 1.46. The van der Waals surface area contributed by atoms with Crippen molar-refractivity contribution in [3.63, 3.8) is 0 Å². The summed E-state index contributed by atoms with van der Waals surface area (Å²) in [5.41, 5.74) is 3.28. The van der Waals surface area contributed by atoms with E-state index in [1.807, 2.05) is 26.0 Å². The molecule has 32 heavy (non-hydrogen) atoms. The van der Waals surface area contributed by atoms with Crippen molar-refractivity contribution in [2.45, 2.75) is 19.9 Å². The van der Waals surface area contributed by atoms with Gasteiger partial charge in [-0.05, 0) is 66.9 Å². The molecule has 1 fully saturated rings. The largest absolute Gasteiger partial charge is 0.508 e. The number of carbonyl (C=O) groups excluding carboxylic acids is 2. The summed E-state index contributed by atoms with van der Waals surface area (Å²) in [5, 5.41) is 21.3. The van der Waals surface area contributed by atoms with Gasteiger partial charge < -0.3 is 14.9 Å². The highest BCUT2D eigenvalue weighted by molar-refractivity contribution is 6.51. The number of aliphatic hydroxyl groups is 1. The number of anilines is 1. The third-order valence-corrected chi connectivity index (χ3v) is 5.76. The van der Waals surface area contributed by atoms with Crippen LogP contribution in [0, 0.1) is 13.8 Å². The van der Waals surface area contributed by atoms with E-state index < -0.39 is 17.7 Å². The van der Waals surface area contributed by atoms with Gasteiger partial charge in [0.25, 0.3) is 11.7 Å². The standard InChI is InChI=1S/C26H23NO5/c1-15-11-12-18(13-16(15)2)27-23(17-7-6-8-19(28)14-17)22(25(30)26(27)31)24(29)20-9-4-5-10-21(20)32-3/h4-14,23,28-29H,1-3H3/b24-22+. The summed E-state index contributed by atoms with van der Waals surface area (Å²) < 4.78 is 5.34. The van der Waals surface area contributed by atoms with Gasteiger partial charge in [0, 0.05) is 5.69 Å². The summed E-state index contributed by atoms with van der Waals surface area (Å²) in [4.78, 5) is 27.8. The number of amides is 1. The fourth-order valence-corrected chi connectivity index (χ4v) is 3.97. The Labute approximate surface area is 186 Å². The Morgan fingerprint density at radius 1 is 0.938 bits per heavy atom. The first-order valence-corrected chi connectivity index (χ1v) is 10.1. The number of para-hydroxylation sites is 1. The molecule has 4 rings (SSSR count). The molecule has 3 aromatic carbocycles. The van der Waals surface area contributed by atoms with Gasteiger partial charge in [0.15, 0.2) is 0 Å². The lowest BCUT2D eigenvalue weighted by atomic mass is 9.94. The van der Waals surface area contributed by atoms with Gasteiger partial charge in [0.05, 0.1) is 24.3 Å². The number of ketones is 1. The Bertz CT molecular complexity index is 1260. The number of aromatic hydroxyl groups is 1. The second-order valence-corrected chi connectivity index (χ2v) is 7.73. The molecule has 1 aliphatic rings. The number of carbonyl (C=O) groups is 2. The van der Waals surface area contributed by atoms with E-state index in [0.29, 0.717) is 22.6 Å². The number of benzene rings is 3. The predicted molar refractivity (Wildman–Crippen MR) is 122 cm³/mol. The van der Waals surface area contributed by atoms with Crippen LogP contribution in [0.1, 0.15) is 28.3 Å². The number of phenols is 1. The van der Waals surface area contributed by atoms with Crippen LogP contribution in [0.2, 0.25) is 0 Å². The van der Waals surface area contributed by atoms with E-state index in [1.165, 1.54) is 24.1 Å². The molecule has 2 N–H and O–H groups in total. The van der Waals surface area contributed by atoms with Crippen LogP contribution < -0.4 is 9.64 Å².